The van der Waals surface area contributed by atoms with E-state index in [0.29, 0.717) is 32.3 Å². The van der Waals surface area contributed by atoms with Crippen molar-refractivity contribution in [3.05, 3.63) is 22.3 Å². The van der Waals surface area contributed by atoms with Crippen molar-refractivity contribution in [3.63, 3.8) is 0 Å². The molecule has 2 saturated heterocycles. The first-order valence-corrected chi connectivity index (χ1v) is 5.49. The molecule has 1 atom stereocenters. The maximum absolute atomic E-state index is 11.7. The first-order chi connectivity index (χ1) is 7.81. The van der Waals surface area contributed by atoms with Crippen LogP contribution >= 0.6 is 0 Å². The third-order valence-electron chi connectivity index (χ3n) is 3.56. The van der Waals surface area contributed by atoms with E-state index in [0.717, 1.165) is 17.6 Å². The molecule has 0 aromatic rings. The average Bonchev–Trinajstić information content (AvgIpc) is 2.93. The van der Waals surface area contributed by atoms with E-state index in [1.807, 2.05) is 0 Å². The number of esters is 1. The van der Waals surface area contributed by atoms with Gasteiger partial charge >= 0.3 is 5.97 Å². The van der Waals surface area contributed by atoms with Gasteiger partial charge in [0.25, 0.3) is 0 Å². The highest BCUT2D eigenvalue weighted by Gasteiger charge is 2.37. The highest BCUT2D eigenvalue weighted by molar-refractivity contribution is 5.91. The van der Waals surface area contributed by atoms with Gasteiger partial charge in [0.2, 0.25) is 0 Å². The smallest absolute Gasteiger partial charge is 0.334 e. The van der Waals surface area contributed by atoms with Crippen LogP contribution in [0, 0.1) is 5.92 Å². The molecule has 2 fully saturated rings. The molecule has 0 aromatic heterocycles. The number of ether oxygens (including phenoxy) is 3. The summed E-state index contributed by atoms with van der Waals surface area (Å²) >= 11 is 0. The molecule has 0 saturated carbocycles. The van der Waals surface area contributed by atoms with Gasteiger partial charge in [0, 0.05) is 11.5 Å². The minimum Gasteiger partial charge on any atom is -0.466 e. The Balaban J connectivity index is 2.06. The zero-order valence-electron chi connectivity index (χ0n) is 9.25. The summed E-state index contributed by atoms with van der Waals surface area (Å²) in [6, 6.07) is 0. The van der Waals surface area contributed by atoms with Gasteiger partial charge in [-0.1, -0.05) is 0 Å². The molecule has 0 spiro atoms. The van der Waals surface area contributed by atoms with E-state index in [1.54, 1.807) is 0 Å². The first kappa shape index (κ1) is 10.1. The lowest BCUT2D eigenvalue weighted by Crippen LogP contribution is -2.19. The number of hydrogen-bond donors (Lipinski definition) is 0. The second-order valence-corrected chi connectivity index (χ2v) is 4.36. The van der Waals surface area contributed by atoms with E-state index in [4.69, 9.17) is 14.2 Å². The lowest BCUT2D eigenvalue weighted by Gasteiger charge is -2.21. The van der Waals surface area contributed by atoms with E-state index >= 15 is 0 Å². The molecule has 3 aliphatic rings. The Morgan fingerprint density at radius 1 is 1.25 bits per heavy atom. The lowest BCUT2D eigenvalue weighted by atomic mass is 9.81. The van der Waals surface area contributed by atoms with Gasteiger partial charge in [-0.15, -0.1) is 0 Å². The van der Waals surface area contributed by atoms with Gasteiger partial charge in [0.1, 0.15) is 0 Å². The van der Waals surface area contributed by atoms with Crippen LogP contribution in [0.3, 0.4) is 0 Å². The second kappa shape index (κ2) is 3.71. The molecule has 16 heavy (non-hydrogen) atoms. The Labute approximate surface area is 93.9 Å². The van der Waals surface area contributed by atoms with Gasteiger partial charge in [0.05, 0.1) is 33.5 Å². The Morgan fingerprint density at radius 2 is 2.06 bits per heavy atom. The van der Waals surface area contributed by atoms with Gasteiger partial charge < -0.3 is 14.2 Å². The molecule has 0 amide bonds. The Hall–Kier alpha value is -1.13. The Kier molecular flexibility index (Phi) is 2.33. The highest BCUT2D eigenvalue weighted by Crippen LogP contribution is 2.41. The van der Waals surface area contributed by atoms with Gasteiger partial charge in [-0.3, -0.25) is 0 Å². The van der Waals surface area contributed by atoms with Crippen LogP contribution < -0.4 is 0 Å². The van der Waals surface area contributed by atoms with E-state index < -0.39 is 0 Å². The number of methoxy groups -OCH3 is 1. The van der Waals surface area contributed by atoms with Crippen LogP contribution in [-0.2, 0) is 19.0 Å². The first-order valence-electron chi connectivity index (χ1n) is 5.49. The maximum Gasteiger partial charge on any atom is 0.334 e. The molecular formula is C12H14O4. The highest BCUT2D eigenvalue weighted by atomic mass is 16.5. The fourth-order valence-electron chi connectivity index (χ4n) is 2.73. The largest absolute Gasteiger partial charge is 0.466 e. The van der Waals surface area contributed by atoms with Crippen molar-refractivity contribution in [1.82, 2.24) is 0 Å². The molecule has 1 unspecified atom stereocenters. The summed E-state index contributed by atoms with van der Waals surface area (Å²) in [4.78, 5) is 11.7. The zero-order chi connectivity index (χ0) is 11.1. The van der Waals surface area contributed by atoms with Crippen molar-refractivity contribution in [2.24, 2.45) is 5.92 Å². The van der Waals surface area contributed by atoms with Crippen LogP contribution in [0.1, 0.15) is 6.42 Å². The van der Waals surface area contributed by atoms with Crippen LogP contribution in [0.25, 0.3) is 0 Å². The van der Waals surface area contributed by atoms with Crippen molar-refractivity contribution in [1.29, 1.82) is 0 Å². The fraction of sp³-hybridized carbons (Fsp3) is 0.583. The molecule has 0 bridgehead atoms. The van der Waals surface area contributed by atoms with Crippen LogP contribution in [0.4, 0.5) is 0 Å². The third kappa shape index (κ3) is 1.33. The summed E-state index contributed by atoms with van der Waals surface area (Å²) in [6.45, 7) is 2.56. The summed E-state index contributed by atoms with van der Waals surface area (Å²) in [6.07, 6.45) is 0.740. The number of carbonyl (C=O) groups excluding carboxylic acids is 1. The molecule has 3 rings (SSSR count). The SMILES string of the molecule is COC(=O)C1=C2COCC2=C2COCC2C1. The fourth-order valence-corrected chi connectivity index (χ4v) is 2.73. The van der Waals surface area contributed by atoms with Crippen molar-refractivity contribution in [2.45, 2.75) is 6.42 Å². The molecule has 4 heteroatoms. The number of carbonyl (C=O) groups is 1. The molecule has 2 heterocycles. The molecule has 1 aliphatic carbocycles. The standard InChI is InChI=1S/C12H14O4/c1-14-12(13)8-2-7-3-15-4-9(7)11-6-16-5-10(8)11/h7H,2-6H2,1H3. The normalized spacial score (nSPS) is 28.2. The molecule has 4 nitrogen and oxygen atoms in total. The van der Waals surface area contributed by atoms with Crippen LogP contribution in [0.2, 0.25) is 0 Å². The van der Waals surface area contributed by atoms with E-state index in [1.165, 1.54) is 18.3 Å². The van der Waals surface area contributed by atoms with Crippen molar-refractivity contribution < 1.29 is 19.0 Å². The summed E-state index contributed by atoms with van der Waals surface area (Å²) < 4.78 is 15.7. The Bertz CT molecular complexity index is 405. The van der Waals surface area contributed by atoms with Crippen LogP contribution in [-0.4, -0.2) is 39.5 Å². The minimum absolute atomic E-state index is 0.219. The third-order valence-corrected chi connectivity index (χ3v) is 3.56. The molecule has 86 valence electrons. The van der Waals surface area contributed by atoms with Gasteiger partial charge in [-0.25, -0.2) is 4.79 Å². The summed E-state index contributed by atoms with van der Waals surface area (Å²) in [7, 11) is 1.43. The number of fused-ring (bicyclic) bond motifs is 2. The summed E-state index contributed by atoms with van der Waals surface area (Å²) in [5.41, 5.74) is 4.35. The predicted octanol–water partition coefficient (Wildman–Crippen LogP) is 0.833. The lowest BCUT2D eigenvalue weighted by molar-refractivity contribution is -0.136. The average molecular weight is 222 g/mol. The molecular weight excluding hydrogens is 208 g/mol. The van der Waals surface area contributed by atoms with Gasteiger partial charge in [0.15, 0.2) is 0 Å². The van der Waals surface area contributed by atoms with Crippen LogP contribution in [0.15, 0.2) is 22.3 Å². The number of rotatable bonds is 1. The number of hydrogen-bond acceptors (Lipinski definition) is 4. The molecule has 0 aromatic carbocycles. The van der Waals surface area contributed by atoms with Gasteiger partial charge in [-0.2, -0.15) is 0 Å². The summed E-state index contributed by atoms with van der Waals surface area (Å²) in [5, 5.41) is 0. The van der Waals surface area contributed by atoms with E-state index in [-0.39, 0.29) is 5.97 Å². The van der Waals surface area contributed by atoms with Crippen LogP contribution in [0.5, 0.6) is 0 Å². The van der Waals surface area contributed by atoms with E-state index in [9.17, 15) is 4.79 Å². The molecule has 0 radical (unpaired) electrons. The quantitative estimate of drug-likeness (QED) is 0.616. The maximum atomic E-state index is 11.7. The van der Waals surface area contributed by atoms with Crippen molar-refractivity contribution in [2.75, 3.05) is 33.5 Å². The van der Waals surface area contributed by atoms with Crippen molar-refractivity contribution in [3.8, 4) is 0 Å². The predicted molar refractivity (Wildman–Crippen MR) is 55.8 cm³/mol. The van der Waals surface area contributed by atoms with Gasteiger partial charge in [-0.05, 0) is 23.1 Å². The zero-order valence-corrected chi connectivity index (χ0v) is 9.25. The summed E-state index contributed by atoms with van der Waals surface area (Å²) in [5.74, 6) is 0.137. The second-order valence-electron chi connectivity index (χ2n) is 4.36. The molecule has 0 N–H and O–H groups in total. The topological polar surface area (TPSA) is 44.8 Å². The monoisotopic (exact) mass is 222 g/mol. The molecule has 2 aliphatic heterocycles. The van der Waals surface area contributed by atoms with Crippen molar-refractivity contribution >= 4 is 5.97 Å². The Morgan fingerprint density at radius 3 is 2.88 bits per heavy atom. The minimum atomic E-state index is -0.219. The van der Waals surface area contributed by atoms with E-state index in [2.05, 4.69) is 0 Å².